The molecule has 0 bridgehead atoms. The van der Waals surface area contributed by atoms with Gasteiger partial charge < -0.3 is 4.74 Å². The number of hydrogen-bond acceptors (Lipinski definition) is 3. The van der Waals surface area contributed by atoms with E-state index >= 15 is 0 Å². The van der Waals surface area contributed by atoms with Gasteiger partial charge in [0.2, 0.25) is 0 Å². The fourth-order valence-electron chi connectivity index (χ4n) is 1.03. The van der Waals surface area contributed by atoms with Gasteiger partial charge in [-0.15, -0.1) is 11.8 Å². The summed E-state index contributed by atoms with van der Waals surface area (Å²) in [5.74, 6) is 1.67. The Morgan fingerprint density at radius 3 is 3.10 bits per heavy atom. The molecule has 1 saturated heterocycles. The molecule has 0 aromatic heterocycles. The number of thioether (sulfide) groups is 1. The van der Waals surface area contributed by atoms with Crippen molar-refractivity contribution in [3.05, 3.63) is 0 Å². The van der Waals surface area contributed by atoms with Gasteiger partial charge in [-0.3, -0.25) is 5.41 Å². The fraction of sp³-hybridized carbons (Fsp3) is 0.857. The molecule has 58 valence electrons. The molecule has 1 aliphatic rings. The van der Waals surface area contributed by atoms with Gasteiger partial charge >= 0.3 is 0 Å². The predicted octanol–water partition coefficient (Wildman–Crippen LogP) is 1.90. The topological polar surface area (TPSA) is 33.1 Å². The summed E-state index contributed by atoms with van der Waals surface area (Å²) in [6.07, 6.45) is 2.37. The zero-order valence-corrected chi connectivity index (χ0v) is 7.04. The van der Waals surface area contributed by atoms with Crippen molar-refractivity contribution in [1.29, 1.82) is 5.41 Å². The zero-order valence-electron chi connectivity index (χ0n) is 6.22. The summed E-state index contributed by atoms with van der Waals surface area (Å²) < 4.78 is 5.09. The van der Waals surface area contributed by atoms with Gasteiger partial charge in [-0.25, -0.2) is 0 Å². The van der Waals surface area contributed by atoms with Gasteiger partial charge in [-0.1, -0.05) is 0 Å². The van der Waals surface area contributed by atoms with E-state index in [1.165, 1.54) is 12.2 Å². The van der Waals surface area contributed by atoms with Crippen LogP contribution in [0.2, 0.25) is 0 Å². The molecule has 1 heterocycles. The summed E-state index contributed by atoms with van der Waals surface area (Å²) in [4.78, 5) is 0. The lowest BCUT2D eigenvalue weighted by atomic mass is 10.2. The molecule has 0 radical (unpaired) electrons. The molecule has 0 saturated carbocycles. The second-order valence-corrected chi connectivity index (χ2v) is 3.61. The summed E-state index contributed by atoms with van der Waals surface area (Å²) in [7, 11) is 0. The molecule has 0 aromatic rings. The summed E-state index contributed by atoms with van der Waals surface area (Å²) in [5.41, 5.74) is 0. The highest BCUT2D eigenvalue weighted by molar-refractivity contribution is 8.00. The highest BCUT2D eigenvalue weighted by atomic mass is 32.2. The molecule has 1 aliphatic heterocycles. The normalized spacial score (nSPS) is 24.7. The highest BCUT2D eigenvalue weighted by Crippen LogP contribution is 2.26. The average Bonchev–Trinajstić information content (AvgIpc) is 2.38. The maximum atomic E-state index is 7.44. The summed E-state index contributed by atoms with van der Waals surface area (Å²) in [5, 5.41) is 7.80. The summed E-state index contributed by atoms with van der Waals surface area (Å²) in [6.45, 7) is 2.56. The van der Waals surface area contributed by atoms with Crippen molar-refractivity contribution in [3.8, 4) is 0 Å². The Morgan fingerprint density at radius 1 is 1.80 bits per heavy atom. The Labute approximate surface area is 65.8 Å². The van der Waals surface area contributed by atoms with Crippen LogP contribution in [0.5, 0.6) is 0 Å². The van der Waals surface area contributed by atoms with Crippen LogP contribution in [0.4, 0.5) is 0 Å². The molecule has 0 spiro atoms. The van der Waals surface area contributed by atoms with Crippen LogP contribution in [-0.4, -0.2) is 23.5 Å². The molecule has 2 nitrogen and oxygen atoms in total. The van der Waals surface area contributed by atoms with E-state index in [0.29, 0.717) is 17.8 Å². The maximum Gasteiger partial charge on any atom is 0.193 e. The number of hydrogen-bond donors (Lipinski definition) is 1. The van der Waals surface area contributed by atoms with Crippen molar-refractivity contribution in [1.82, 2.24) is 0 Å². The minimum atomic E-state index is 0.361. The Morgan fingerprint density at radius 2 is 2.60 bits per heavy atom. The smallest absolute Gasteiger partial charge is 0.193 e. The quantitative estimate of drug-likeness (QED) is 0.493. The Hall–Kier alpha value is -0.180. The van der Waals surface area contributed by atoms with Crippen molar-refractivity contribution in [2.75, 3.05) is 12.4 Å². The van der Waals surface area contributed by atoms with Crippen LogP contribution in [0.25, 0.3) is 0 Å². The number of nitrogens with one attached hydrogen (secondary N) is 1. The third-order valence-corrected chi connectivity index (χ3v) is 2.90. The predicted molar refractivity (Wildman–Crippen MR) is 44.8 cm³/mol. The second kappa shape index (κ2) is 3.86. The molecule has 1 unspecified atom stereocenters. The molecule has 1 rings (SSSR count). The van der Waals surface area contributed by atoms with E-state index in [0.717, 1.165) is 6.42 Å². The van der Waals surface area contributed by atoms with Gasteiger partial charge in [0.05, 0.1) is 11.9 Å². The molecule has 0 amide bonds. The van der Waals surface area contributed by atoms with Crippen molar-refractivity contribution in [2.45, 2.75) is 25.0 Å². The first kappa shape index (κ1) is 7.92. The summed E-state index contributed by atoms with van der Waals surface area (Å²) in [6, 6.07) is 0. The van der Waals surface area contributed by atoms with Crippen molar-refractivity contribution < 1.29 is 4.74 Å². The van der Waals surface area contributed by atoms with Gasteiger partial charge in [0.25, 0.3) is 0 Å². The van der Waals surface area contributed by atoms with E-state index in [4.69, 9.17) is 10.1 Å². The van der Waals surface area contributed by atoms with Crippen molar-refractivity contribution in [2.24, 2.45) is 0 Å². The number of rotatable bonds is 2. The zero-order chi connectivity index (χ0) is 7.40. The molecule has 3 heteroatoms. The number of ether oxygens (including phenoxy) is 1. The van der Waals surface area contributed by atoms with E-state index in [9.17, 15) is 0 Å². The molecule has 1 N–H and O–H groups in total. The van der Waals surface area contributed by atoms with E-state index in [1.54, 1.807) is 0 Å². The average molecular weight is 159 g/mol. The molecule has 0 aromatic carbocycles. The van der Waals surface area contributed by atoms with Crippen LogP contribution >= 0.6 is 11.8 Å². The van der Waals surface area contributed by atoms with Gasteiger partial charge in [0.1, 0.15) is 0 Å². The van der Waals surface area contributed by atoms with Crippen LogP contribution in [0, 0.1) is 5.41 Å². The van der Waals surface area contributed by atoms with Crippen molar-refractivity contribution >= 4 is 17.7 Å². The highest BCUT2D eigenvalue weighted by Gasteiger charge is 2.20. The molecular weight excluding hydrogens is 146 g/mol. The lowest BCUT2D eigenvalue weighted by Gasteiger charge is -2.09. The SMILES string of the molecule is CCOC(=N)C1CCCS1. The van der Waals surface area contributed by atoms with E-state index in [2.05, 4.69) is 0 Å². The largest absolute Gasteiger partial charge is 0.481 e. The van der Waals surface area contributed by atoms with Crippen LogP contribution in [0.1, 0.15) is 19.8 Å². The Kier molecular flexibility index (Phi) is 3.06. The van der Waals surface area contributed by atoms with Gasteiger partial charge in [-0.2, -0.15) is 0 Å². The molecule has 0 aliphatic carbocycles. The van der Waals surface area contributed by atoms with Gasteiger partial charge in [0, 0.05) is 0 Å². The van der Waals surface area contributed by atoms with Crippen LogP contribution in [-0.2, 0) is 4.74 Å². The first-order chi connectivity index (χ1) is 4.84. The monoisotopic (exact) mass is 159 g/mol. The first-order valence-electron chi connectivity index (χ1n) is 3.67. The standard InChI is InChI=1S/C7H13NOS/c1-2-9-7(8)6-4-3-5-10-6/h6,8H,2-5H2,1H3. The van der Waals surface area contributed by atoms with E-state index < -0.39 is 0 Å². The summed E-state index contributed by atoms with van der Waals surface area (Å²) >= 11 is 1.84. The van der Waals surface area contributed by atoms with Crippen LogP contribution in [0.15, 0.2) is 0 Å². The van der Waals surface area contributed by atoms with E-state index in [-0.39, 0.29) is 0 Å². The lowest BCUT2D eigenvalue weighted by molar-refractivity contribution is 0.315. The van der Waals surface area contributed by atoms with Crippen molar-refractivity contribution in [3.63, 3.8) is 0 Å². The van der Waals surface area contributed by atoms with Crippen LogP contribution in [0.3, 0.4) is 0 Å². The third kappa shape index (κ3) is 1.90. The molecule has 10 heavy (non-hydrogen) atoms. The molecule has 1 fully saturated rings. The second-order valence-electron chi connectivity index (χ2n) is 2.30. The maximum absolute atomic E-state index is 7.44. The van der Waals surface area contributed by atoms with Gasteiger partial charge in [0.15, 0.2) is 5.90 Å². The molecular formula is C7H13NOS. The minimum Gasteiger partial charge on any atom is -0.481 e. The fourth-order valence-corrected chi connectivity index (χ4v) is 2.20. The lowest BCUT2D eigenvalue weighted by Crippen LogP contribution is -2.16. The molecule has 1 atom stereocenters. The van der Waals surface area contributed by atoms with Gasteiger partial charge in [-0.05, 0) is 25.5 Å². The van der Waals surface area contributed by atoms with E-state index in [1.807, 2.05) is 18.7 Å². The Balaban J connectivity index is 2.25. The van der Waals surface area contributed by atoms with Crippen LogP contribution < -0.4 is 0 Å². The Bertz CT molecular complexity index is 121. The third-order valence-electron chi connectivity index (χ3n) is 1.52. The minimum absolute atomic E-state index is 0.361. The first-order valence-corrected chi connectivity index (χ1v) is 4.72.